The Hall–Kier alpha value is -2.54. The monoisotopic (exact) mass is 372 g/mol. The SMILES string of the molecule is Clc1ccc2/c(c1)=c1/cccc/c1=c1\cccc\c1=c1/cc(Cl)cc/c1=2. The number of fused-ring (bicyclic) bond motifs is 4. The highest BCUT2D eigenvalue weighted by Gasteiger charge is 2.01. The van der Waals surface area contributed by atoms with Gasteiger partial charge in [-0.05, 0) is 66.0 Å². The van der Waals surface area contributed by atoms with Gasteiger partial charge in [0.05, 0.1) is 0 Å². The van der Waals surface area contributed by atoms with Crippen LogP contribution in [0.25, 0.3) is 0 Å². The van der Waals surface area contributed by atoms with E-state index in [1.165, 1.54) is 31.3 Å². The van der Waals surface area contributed by atoms with Crippen LogP contribution in [0.2, 0.25) is 10.0 Å². The van der Waals surface area contributed by atoms with Crippen LogP contribution in [0.3, 0.4) is 0 Å². The van der Waals surface area contributed by atoms with Gasteiger partial charge >= 0.3 is 0 Å². The van der Waals surface area contributed by atoms with Crippen LogP contribution in [-0.4, -0.2) is 0 Å². The lowest BCUT2D eigenvalue weighted by Gasteiger charge is -2.03. The summed E-state index contributed by atoms with van der Waals surface area (Å²) >= 11 is 12.7. The quantitative estimate of drug-likeness (QED) is 0.292. The van der Waals surface area contributed by atoms with Gasteiger partial charge in [-0.15, -0.1) is 0 Å². The fourth-order valence-corrected chi connectivity index (χ4v) is 4.20. The lowest BCUT2D eigenvalue weighted by Crippen LogP contribution is -1.89. The summed E-state index contributed by atoms with van der Waals surface area (Å²) < 4.78 is 0. The molecule has 0 atom stereocenters. The Bertz CT molecular complexity index is 1440. The summed E-state index contributed by atoms with van der Waals surface area (Å²) in [5.74, 6) is 0. The van der Waals surface area contributed by atoms with E-state index >= 15 is 0 Å². The standard InChI is InChI=1S/C24H14Cl2/c25-15-9-11-21-22-12-10-16(26)14-24(22)20-8-4-2-6-18(20)17-5-1-3-7-19(17)23(21)13-15/h1-14H/b18-17-,22-21-,23-19-,24-20-. The van der Waals surface area contributed by atoms with Crippen molar-refractivity contribution < 1.29 is 0 Å². The summed E-state index contributed by atoms with van der Waals surface area (Å²) in [4.78, 5) is 0. The van der Waals surface area contributed by atoms with Crippen molar-refractivity contribution in [3.05, 3.63) is 137 Å². The van der Waals surface area contributed by atoms with Gasteiger partial charge in [0.15, 0.2) is 0 Å². The molecule has 1 aliphatic carbocycles. The van der Waals surface area contributed by atoms with Gasteiger partial charge in [-0.1, -0.05) is 83.9 Å². The van der Waals surface area contributed by atoms with Crippen LogP contribution in [0, 0.1) is 41.7 Å². The summed E-state index contributed by atoms with van der Waals surface area (Å²) in [6, 6.07) is 29.2. The number of rotatable bonds is 0. The first-order valence-corrected chi connectivity index (χ1v) is 9.26. The number of hydrogen-bond donors (Lipinski definition) is 0. The van der Waals surface area contributed by atoms with E-state index in [4.69, 9.17) is 23.2 Å². The molecule has 0 N–H and O–H groups in total. The van der Waals surface area contributed by atoms with Crippen LogP contribution in [0.4, 0.5) is 0 Å². The van der Waals surface area contributed by atoms with Crippen LogP contribution in [0.15, 0.2) is 84.9 Å². The second-order valence-electron chi connectivity index (χ2n) is 6.47. The summed E-state index contributed by atoms with van der Waals surface area (Å²) in [6.45, 7) is 0. The molecule has 0 saturated heterocycles. The normalized spacial score (nSPS) is 17.0. The van der Waals surface area contributed by atoms with E-state index in [0.717, 1.165) is 20.5 Å². The van der Waals surface area contributed by atoms with Crippen molar-refractivity contribution in [2.45, 2.75) is 0 Å². The van der Waals surface area contributed by atoms with Crippen molar-refractivity contribution in [1.29, 1.82) is 0 Å². The zero-order valence-electron chi connectivity index (χ0n) is 13.8. The highest BCUT2D eigenvalue weighted by atomic mass is 35.5. The number of hydrogen-bond acceptors (Lipinski definition) is 0. The lowest BCUT2D eigenvalue weighted by molar-refractivity contribution is 1.29. The van der Waals surface area contributed by atoms with Gasteiger partial charge < -0.3 is 0 Å². The van der Waals surface area contributed by atoms with Crippen LogP contribution in [-0.2, 0) is 0 Å². The Labute approximate surface area is 159 Å². The minimum absolute atomic E-state index is 0.739. The molecule has 0 aromatic heterocycles. The molecule has 0 heterocycles. The van der Waals surface area contributed by atoms with Crippen LogP contribution in [0.1, 0.15) is 0 Å². The van der Waals surface area contributed by atoms with Gasteiger partial charge in [0.25, 0.3) is 0 Å². The Morgan fingerprint density at radius 1 is 0.346 bits per heavy atom. The van der Waals surface area contributed by atoms with E-state index < -0.39 is 0 Å². The first-order chi connectivity index (χ1) is 12.7. The van der Waals surface area contributed by atoms with Gasteiger partial charge in [0.1, 0.15) is 0 Å². The third-order valence-electron chi connectivity index (χ3n) is 4.98. The molecule has 0 radical (unpaired) electrons. The summed E-state index contributed by atoms with van der Waals surface area (Å²) in [5.41, 5.74) is 0. The van der Waals surface area contributed by atoms with Crippen LogP contribution < -0.4 is 0 Å². The van der Waals surface area contributed by atoms with E-state index in [0.29, 0.717) is 0 Å². The van der Waals surface area contributed by atoms with Crippen LogP contribution >= 0.6 is 23.2 Å². The maximum Gasteiger partial charge on any atom is 0.0412 e. The molecule has 5 rings (SSSR count). The molecule has 124 valence electrons. The lowest BCUT2D eigenvalue weighted by atomic mass is 10.0. The van der Waals surface area contributed by atoms with E-state index in [-0.39, 0.29) is 0 Å². The molecular weight excluding hydrogens is 359 g/mol. The Kier molecular flexibility index (Phi) is 3.63. The first-order valence-electron chi connectivity index (χ1n) is 8.51. The van der Waals surface area contributed by atoms with Gasteiger partial charge in [0.2, 0.25) is 0 Å². The predicted octanol–water partition coefficient (Wildman–Crippen LogP) is 6.45. The van der Waals surface area contributed by atoms with Crippen LogP contribution in [0.5, 0.6) is 0 Å². The molecule has 0 fully saturated rings. The van der Waals surface area contributed by atoms with E-state index in [9.17, 15) is 0 Å². The van der Waals surface area contributed by atoms with Gasteiger partial charge in [-0.25, -0.2) is 0 Å². The minimum atomic E-state index is 0.739. The predicted molar refractivity (Wildman–Crippen MR) is 106 cm³/mol. The second-order valence-corrected chi connectivity index (χ2v) is 7.34. The maximum absolute atomic E-state index is 6.37. The van der Waals surface area contributed by atoms with Crippen molar-refractivity contribution in [3.8, 4) is 0 Å². The topological polar surface area (TPSA) is 0 Å². The van der Waals surface area contributed by atoms with E-state index in [2.05, 4.69) is 72.8 Å². The molecule has 4 aromatic rings. The molecular formula is C24H14Cl2. The Balaban J connectivity index is 2.44. The summed E-state index contributed by atoms with van der Waals surface area (Å²) in [7, 11) is 0. The highest BCUT2D eigenvalue weighted by Crippen LogP contribution is 2.18. The average molecular weight is 373 g/mol. The molecule has 0 spiro atoms. The Morgan fingerprint density at radius 2 is 0.654 bits per heavy atom. The van der Waals surface area contributed by atoms with Crippen molar-refractivity contribution >= 4 is 23.2 Å². The van der Waals surface area contributed by atoms with E-state index in [1.807, 2.05) is 12.1 Å². The van der Waals surface area contributed by atoms with Gasteiger partial charge in [-0.3, -0.25) is 0 Å². The van der Waals surface area contributed by atoms with Gasteiger partial charge in [0, 0.05) is 10.0 Å². The molecule has 0 saturated carbocycles. The molecule has 1 aliphatic rings. The third-order valence-corrected chi connectivity index (χ3v) is 5.45. The van der Waals surface area contributed by atoms with E-state index in [1.54, 1.807) is 0 Å². The fourth-order valence-electron chi connectivity index (χ4n) is 3.85. The molecule has 0 amide bonds. The molecule has 26 heavy (non-hydrogen) atoms. The summed E-state index contributed by atoms with van der Waals surface area (Å²) in [6.07, 6.45) is 0. The molecule has 4 aromatic carbocycles. The smallest absolute Gasteiger partial charge is 0.0412 e. The average Bonchev–Trinajstić information content (AvgIpc) is 2.67. The molecule has 0 aliphatic heterocycles. The number of halogens is 2. The molecule has 0 bridgehead atoms. The molecule has 0 unspecified atom stereocenters. The van der Waals surface area contributed by atoms with Gasteiger partial charge in [-0.2, -0.15) is 0 Å². The third kappa shape index (κ3) is 2.38. The highest BCUT2D eigenvalue weighted by molar-refractivity contribution is 6.30. The molecule has 0 nitrogen and oxygen atoms in total. The largest absolute Gasteiger partial charge is 0.0843 e. The first kappa shape index (κ1) is 15.7. The zero-order valence-corrected chi connectivity index (χ0v) is 15.4. The van der Waals surface area contributed by atoms with Crippen molar-refractivity contribution in [2.24, 2.45) is 0 Å². The minimum Gasteiger partial charge on any atom is -0.0843 e. The second kappa shape index (κ2) is 6.02. The fraction of sp³-hybridized carbons (Fsp3) is 0. The molecule has 2 heteroatoms. The maximum atomic E-state index is 6.37. The van der Waals surface area contributed by atoms with Crippen molar-refractivity contribution in [3.63, 3.8) is 0 Å². The summed E-state index contributed by atoms with van der Waals surface area (Å²) in [5, 5.41) is 10.9. The number of benzene rings is 4. The van der Waals surface area contributed by atoms with Crippen molar-refractivity contribution in [2.75, 3.05) is 0 Å². The zero-order chi connectivity index (χ0) is 17.7. The Morgan fingerprint density at radius 3 is 1.04 bits per heavy atom. The van der Waals surface area contributed by atoms with Crippen molar-refractivity contribution in [1.82, 2.24) is 0 Å².